The summed E-state index contributed by atoms with van der Waals surface area (Å²) in [7, 11) is 1.31. The van der Waals surface area contributed by atoms with Gasteiger partial charge in [-0.15, -0.1) is 0 Å². The summed E-state index contributed by atoms with van der Waals surface area (Å²) < 4.78 is 15.2. The maximum Gasteiger partial charge on any atom is 0.349 e. The molecule has 5 heteroatoms. The summed E-state index contributed by atoms with van der Waals surface area (Å²) in [4.78, 5) is 23.2. The topological polar surface area (TPSA) is 61.8 Å². The van der Waals surface area contributed by atoms with Gasteiger partial charge in [-0.3, -0.25) is 0 Å². The van der Waals surface area contributed by atoms with Gasteiger partial charge in [0.1, 0.15) is 11.5 Å². The summed E-state index contributed by atoms with van der Waals surface area (Å²) in [6.45, 7) is 6.19. The molecule has 0 heterocycles. The summed E-state index contributed by atoms with van der Waals surface area (Å²) in [5.74, 6) is -0.0269. The molecule has 0 fully saturated rings. The molecule has 0 bridgehead atoms. The molecule has 0 amide bonds. The SMILES string of the molecule is COC(=O)c1ccc(OC(=O)COc2ccc(C(C)(C)C)cc2)cc1. The third kappa shape index (κ3) is 5.35. The standard InChI is InChI=1S/C20H22O5/c1-20(2,3)15-7-11-16(12-8-15)24-13-18(21)25-17-9-5-14(6-10-17)19(22)23-4/h5-12H,13H2,1-4H3. The lowest BCUT2D eigenvalue weighted by Crippen LogP contribution is -2.18. The second kappa shape index (κ2) is 7.83. The van der Waals surface area contributed by atoms with Crippen LogP contribution in [-0.4, -0.2) is 25.7 Å². The van der Waals surface area contributed by atoms with Crippen molar-refractivity contribution in [1.29, 1.82) is 0 Å². The number of rotatable bonds is 5. The number of hydrogen-bond donors (Lipinski definition) is 0. The zero-order chi connectivity index (χ0) is 18.4. The van der Waals surface area contributed by atoms with Crippen LogP contribution in [0.4, 0.5) is 0 Å². The quantitative estimate of drug-likeness (QED) is 0.612. The number of carbonyl (C=O) groups is 2. The van der Waals surface area contributed by atoms with Crippen molar-refractivity contribution in [1.82, 2.24) is 0 Å². The number of benzene rings is 2. The van der Waals surface area contributed by atoms with Crippen molar-refractivity contribution in [3.63, 3.8) is 0 Å². The maximum atomic E-state index is 11.8. The molecule has 2 rings (SSSR count). The number of ether oxygens (including phenoxy) is 3. The third-order valence-electron chi connectivity index (χ3n) is 3.58. The fourth-order valence-corrected chi connectivity index (χ4v) is 2.13. The van der Waals surface area contributed by atoms with Crippen molar-refractivity contribution in [2.45, 2.75) is 26.2 Å². The van der Waals surface area contributed by atoms with Gasteiger partial charge < -0.3 is 14.2 Å². The zero-order valence-electron chi connectivity index (χ0n) is 14.9. The van der Waals surface area contributed by atoms with Crippen LogP contribution in [0.15, 0.2) is 48.5 Å². The average molecular weight is 342 g/mol. The van der Waals surface area contributed by atoms with E-state index >= 15 is 0 Å². The third-order valence-corrected chi connectivity index (χ3v) is 3.58. The van der Waals surface area contributed by atoms with E-state index in [9.17, 15) is 9.59 Å². The second-order valence-corrected chi connectivity index (χ2v) is 6.55. The fourth-order valence-electron chi connectivity index (χ4n) is 2.13. The van der Waals surface area contributed by atoms with Crippen LogP contribution >= 0.6 is 0 Å². The summed E-state index contributed by atoms with van der Waals surface area (Å²) >= 11 is 0. The van der Waals surface area contributed by atoms with E-state index in [1.165, 1.54) is 36.9 Å². The fraction of sp³-hybridized carbons (Fsp3) is 0.300. The van der Waals surface area contributed by atoms with Gasteiger partial charge in [-0.1, -0.05) is 32.9 Å². The summed E-state index contributed by atoms with van der Waals surface area (Å²) in [6.07, 6.45) is 0. The Morgan fingerprint density at radius 2 is 1.44 bits per heavy atom. The van der Waals surface area contributed by atoms with Gasteiger partial charge >= 0.3 is 11.9 Å². The lowest BCUT2D eigenvalue weighted by atomic mass is 9.87. The first-order valence-electron chi connectivity index (χ1n) is 7.92. The highest BCUT2D eigenvalue weighted by molar-refractivity contribution is 5.89. The minimum Gasteiger partial charge on any atom is -0.482 e. The zero-order valence-corrected chi connectivity index (χ0v) is 14.9. The molecule has 132 valence electrons. The Hall–Kier alpha value is -2.82. The first-order valence-corrected chi connectivity index (χ1v) is 7.92. The van der Waals surface area contributed by atoms with Gasteiger partial charge in [-0.2, -0.15) is 0 Å². The molecule has 5 nitrogen and oxygen atoms in total. The van der Waals surface area contributed by atoms with Crippen LogP contribution in [0.5, 0.6) is 11.5 Å². The van der Waals surface area contributed by atoms with Crippen molar-refractivity contribution in [3.05, 3.63) is 59.7 Å². The summed E-state index contributed by atoms with van der Waals surface area (Å²) in [5.41, 5.74) is 1.64. The highest BCUT2D eigenvalue weighted by Gasteiger charge is 2.13. The van der Waals surface area contributed by atoms with Crippen molar-refractivity contribution >= 4 is 11.9 Å². The van der Waals surface area contributed by atoms with Gasteiger partial charge in [0.2, 0.25) is 0 Å². The smallest absolute Gasteiger partial charge is 0.349 e. The predicted octanol–water partition coefficient (Wildman–Crippen LogP) is 3.76. The minimum absolute atomic E-state index is 0.0633. The van der Waals surface area contributed by atoms with Crippen LogP contribution < -0.4 is 9.47 Å². The normalized spacial score (nSPS) is 10.9. The molecule has 0 N–H and O–H groups in total. The molecule has 2 aromatic rings. The van der Waals surface area contributed by atoms with E-state index in [0.717, 1.165) is 0 Å². The number of hydrogen-bond acceptors (Lipinski definition) is 5. The molecule has 0 radical (unpaired) electrons. The molecule has 0 aliphatic carbocycles. The monoisotopic (exact) mass is 342 g/mol. The maximum absolute atomic E-state index is 11.8. The van der Waals surface area contributed by atoms with Crippen LogP contribution in [-0.2, 0) is 14.9 Å². The Morgan fingerprint density at radius 1 is 0.880 bits per heavy atom. The van der Waals surface area contributed by atoms with E-state index in [4.69, 9.17) is 9.47 Å². The summed E-state index contributed by atoms with van der Waals surface area (Å²) in [6, 6.07) is 13.7. The van der Waals surface area contributed by atoms with E-state index in [1.807, 2.05) is 24.3 Å². The summed E-state index contributed by atoms with van der Waals surface area (Å²) in [5, 5.41) is 0. The largest absolute Gasteiger partial charge is 0.482 e. The van der Waals surface area contributed by atoms with E-state index in [1.54, 1.807) is 0 Å². The Morgan fingerprint density at radius 3 is 1.96 bits per heavy atom. The molecule has 0 saturated heterocycles. The Kier molecular flexibility index (Phi) is 5.80. The van der Waals surface area contributed by atoms with Crippen LogP contribution in [0.1, 0.15) is 36.7 Å². The molecule has 0 aliphatic heterocycles. The first kappa shape index (κ1) is 18.5. The first-order chi connectivity index (χ1) is 11.8. The lowest BCUT2D eigenvalue weighted by molar-refractivity contribution is -0.136. The average Bonchev–Trinajstić information content (AvgIpc) is 2.59. The second-order valence-electron chi connectivity index (χ2n) is 6.55. The van der Waals surface area contributed by atoms with E-state index in [0.29, 0.717) is 17.1 Å². The van der Waals surface area contributed by atoms with Gasteiger partial charge in [0, 0.05) is 0 Å². The van der Waals surface area contributed by atoms with Gasteiger partial charge in [-0.25, -0.2) is 9.59 Å². The van der Waals surface area contributed by atoms with Crippen molar-refractivity contribution in [2.75, 3.05) is 13.7 Å². The van der Waals surface area contributed by atoms with E-state index in [-0.39, 0.29) is 12.0 Å². The number of esters is 2. The predicted molar refractivity (Wildman–Crippen MR) is 94.1 cm³/mol. The van der Waals surface area contributed by atoms with Gasteiger partial charge in [0.25, 0.3) is 0 Å². The van der Waals surface area contributed by atoms with Gasteiger partial charge in [-0.05, 0) is 47.4 Å². The molecule has 0 saturated carbocycles. The number of carbonyl (C=O) groups excluding carboxylic acids is 2. The van der Waals surface area contributed by atoms with Crippen LogP contribution in [0.2, 0.25) is 0 Å². The molecule has 0 spiro atoms. The Labute approximate surface area is 147 Å². The van der Waals surface area contributed by atoms with E-state index in [2.05, 4.69) is 25.5 Å². The highest BCUT2D eigenvalue weighted by Crippen LogP contribution is 2.24. The molecular weight excluding hydrogens is 320 g/mol. The van der Waals surface area contributed by atoms with Crippen molar-refractivity contribution < 1.29 is 23.8 Å². The van der Waals surface area contributed by atoms with Crippen LogP contribution in [0.3, 0.4) is 0 Å². The minimum atomic E-state index is -0.522. The molecule has 0 aliphatic rings. The van der Waals surface area contributed by atoms with Crippen LogP contribution in [0.25, 0.3) is 0 Å². The molecular formula is C20H22O5. The van der Waals surface area contributed by atoms with Crippen LogP contribution in [0, 0.1) is 0 Å². The van der Waals surface area contributed by atoms with Gasteiger partial charge in [0.05, 0.1) is 12.7 Å². The highest BCUT2D eigenvalue weighted by atomic mass is 16.6. The molecule has 25 heavy (non-hydrogen) atoms. The Bertz CT molecular complexity index is 724. The van der Waals surface area contributed by atoms with E-state index < -0.39 is 11.9 Å². The molecule has 2 aromatic carbocycles. The van der Waals surface area contributed by atoms with Crippen molar-refractivity contribution in [3.8, 4) is 11.5 Å². The Balaban J connectivity index is 1.87. The lowest BCUT2D eigenvalue weighted by Gasteiger charge is -2.19. The number of methoxy groups -OCH3 is 1. The molecule has 0 unspecified atom stereocenters. The van der Waals surface area contributed by atoms with Gasteiger partial charge in [0.15, 0.2) is 6.61 Å². The molecule has 0 aromatic heterocycles. The van der Waals surface area contributed by atoms with Crippen molar-refractivity contribution in [2.24, 2.45) is 0 Å². The molecule has 0 atom stereocenters.